The molecule has 0 fully saturated rings. The number of nitrogens with zero attached hydrogens (tertiary/aromatic N) is 3. The van der Waals surface area contributed by atoms with Crippen molar-refractivity contribution >= 4 is 11.9 Å². The topological polar surface area (TPSA) is 57.2 Å². The van der Waals surface area contributed by atoms with E-state index < -0.39 is 0 Å². The lowest BCUT2D eigenvalue weighted by Crippen LogP contribution is -2.40. The molecule has 0 radical (unpaired) electrons. The largest absolute Gasteiger partial charge is 0.494 e. The fourth-order valence-electron chi connectivity index (χ4n) is 2.77. The monoisotopic (exact) mass is 396 g/mol. The lowest BCUT2D eigenvalue weighted by molar-refractivity contribution is -0.127. The van der Waals surface area contributed by atoms with E-state index in [-0.39, 0.29) is 12.5 Å². The molecule has 0 spiro atoms. The van der Waals surface area contributed by atoms with Gasteiger partial charge >= 0.3 is 0 Å². The van der Waals surface area contributed by atoms with Gasteiger partial charge in [0.2, 0.25) is 5.91 Å². The average molecular weight is 397 g/mol. The molecule has 1 N–H and O–H groups in total. The molecule has 2 rings (SSSR count). The lowest BCUT2D eigenvalue weighted by atomic mass is 10.1. The molecular formula is C23H32N4O2. The Kier molecular flexibility index (Phi) is 9.02. The Morgan fingerprint density at radius 2 is 1.69 bits per heavy atom. The molecule has 1 amide bonds. The number of guanidine groups is 1. The van der Waals surface area contributed by atoms with Crippen LogP contribution in [0, 0.1) is 0 Å². The number of likely N-dealkylation sites (N-methyl/N-ethyl adjacent to an activating group) is 1. The van der Waals surface area contributed by atoms with Crippen molar-refractivity contribution < 1.29 is 9.53 Å². The molecule has 0 atom stereocenters. The zero-order chi connectivity index (χ0) is 21.1. The lowest BCUT2D eigenvalue weighted by Gasteiger charge is -2.23. The van der Waals surface area contributed by atoms with E-state index in [4.69, 9.17) is 4.74 Å². The first-order chi connectivity index (χ1) is 14.0. The van der Waals surface area contributed by atoms with Crippen LogP contribution in [0.1, 0.15) is 18.1 Å². The second-order valence-electron chi connectivity index (χ2n) is 7.02. The van der Waals surface area contributed by atoms with Gasteiger partial charge in [-0.1, -0.05) is 42.5 Å². The van der Waals surface area contributed by atoms with Crippen LogP contribution in [0.2, 0.25) is 0 Å². The Morgan fingerprint density at radius 1 is 1.00 bits per heavy atom. The van der Waals surface area contributed by atoms with Crippen LogP contribution < -0.4 is 10.1 Å². The first-order valence-electron chi connectivity index (χ1n) is 9.95. The minimum atomic E-state index is -0.0261. The van der Waals surface area contributed by atoms with E-state index in [2.05, 4.69) is 22.4 Å². The second kappa shape index (κ2) is 11.7. The predicted octanol–water partition coefficient (Wildman–Crippen LogP) is 2.79. The van der Waals surface area contributed by atoms with E-state index in [1.54, 1.807) is 19.0 Å². The van der Waals surface area contributed by atoms with Crippen molar-refractivity contribution in [2.75, 3.05) is 40.8 Å². The van der Waals surface area contributed by atoms with Gasteiger partial charge in [0.1, 0.15) is 12.3 Å². The molecule has 6 nitrogen and oxygen atoms in total. The van der Waals surface area contributed by atoms with Gasteiger partial charge in [0, 0.05) is 34.2 Å². The molecule has 0 aliphatic carbocycles. The third-order valence-electron chi connectivity index (χ3n) is 4.42. The highest BCUT2D eigenvalue weighted by molar-refractivity contribution is 5.84. The van der Waals surface area contributed by atoms with Crippen molar-refractivity contribution in [3.05, 3.63) is 65.7 Å². The normalized spacial score (nSPS) is 11.1. The quantitative estimate of drug-likeness (QED) is 0.523. The van der Waals surface area contributed by atoms with Gasteiger partial charge in [-0.3, -0.25) is 4.79 Å². The summed E-state index contributed by atoms with van der Waals surface area (Å²) in [4.78, 5) is 20.1. The fourth-order valence-corrected chi connectivity index (χ4v) is 2.77. The summed E-state index contributed by atoms with van der Waals surface area (Å²) in [6, 6.07) is 18.4. The van der Waals surface area contributed by atoms with Crippen molar-refractivity contribution in [2.45, 2.75) is 19.9 Å². The van der Waals surface area contributed by atoms with Crippen molar-refractivity contribution in [3.8, 4) is 5.75 Å². The van der Waals surface area contributed by atoms with Crippen LogP contribution in [0.4, 0.5) is 0 Å². The Hall–Kier alpha value is -3.02. The first kappa shape index (κ1) is 22.3. The van der Waals surface area contributed by atoms with E-state index >= 15 is 0 Å². The molecule has 156 valence electrons. The maximum Gasteiger partial charge on any atom is 0.243 e. The van der Waals surface area contributed by atoms with Gasteiger partial charge in [0.25, 0.3) is 0 Å². The van der Waals surface area contributed by atoms with Gasteiger partial charge in [-0.2, -0.15) is 0 Å². The Balaban J connectivity index is 2.01. The highest BCUT2D eigenvalue weighted by atomic mass is 16.5. The maximum atomic E-state index is 12.0. The van der Waals surface area contributed by atoms with Crippen LogP contribution in [0.3, 0.4) is 0 Å². The van der Waals surface area contributed by atoms with Gasteiger partial charge in [0.05, 0.1) is 6.61 Å². The number of carbonyl (C=O) groups is 1. The number of nitrogens with one attached hydrogen (secondary N) is 1. The van der Waals surface area contributed by atoms with Crippen LogP contribution in [-0.2, 0) is 17.8 Å². The van der Waals surface area contributed by atoms with E-state index in [0.29, 0.717) is 19.1 Å². The van der Waals surface area contributed by atoms with Crippen LogP contribution >= 0.6 is 0 Å². The van der Waals surface area contributed by atoms with Crippen molar-refractivity contribution in [1.82, 2.24) is 15.1 Å². The van der Waals surface area contributed by atoms with Crippen LogP contribution in [0.15, 0.2) is 59.6 Å². The summed E-state index contributed by atoms with van der Waals surface area (Å²) in [5.74, 6) is 1.55. The summed E-state index contributed by atoms with van der Waals surface area (Å²) in [5.41, 5.74) is 2.41. The average Bonchev–Trinajstić information content (AvgIpc) is 2.72. The van der Waals surface area contributed by atoms with Crippen molar-refractivity contribution in [1.29, 1.82) is 0 Å². The Labute approximate surface area is 174 Å². The summed E-state index contributed by atoms with van der Waals surface area (Å²) >= 11 is 0. The van der Waals surface area contributed by atoms with E-state index in [1.165, 1.54) is 5.56 Å². The highest BCUT2D eigenvalue weighted by Crippen LogP contribution is 2.13. The molecule has 0 unspecified atom stereocenters. The molecule has 0 bridgehead atoms. The number of hydrogen-bond acceptors (Lipinski definition) is 3. The summed E-state index contributed by atoms with van der Waals surface area (Å²) in [6.45, 7) is 4.17. The summed E-state index contributed by atoms with van der Waals surface area (Å²) in [5, 5.41) is 3.39. The van der Waals surface area contributed by atoms with Gasteiger partial charge in [-0.15, -0.1) is 0 Å². The predicted molar refractivity (Wildman–Crippen MR) is 118 cm³/mol. The standard InChI is InChI=1S/C23H32N4O2/c1-5-29-21-13-11-20(12-14-21)18-27(4)23(25-17-22(28)26(2)3)24-16-15-19-9-7-6-8-10-19/h6-14H,5,15-18H2,1-4H3,(H,24,25). The number of rotatable bonds is 9. The summed E-state index contributed by atoms with van der Waals surface area (Å²) in [7, 11) is 5.46. The minimum absolute atomic E-state index is 0.0261. The van der Waals surface area contributed by atoms with Crippen molar-refractivity contribution in [2.24, 2.45) is 4.99 Å². The third-order valence-corrected chi connectivity index (χ3v) is 4.42. The molecule has 0 aliphatic rings. The molecule has 0 saturated carbocycles. The van der Waals surface area contributed by atoms with E-state index in [0.717, 1.165) is 24.3 Å². The van der Waals surface area contributed by atoms with E-state index in [9.17, 15) is 4.79 Å². The SMILES string of the molecule is CCOc1ccc(CN(C)C(=NCC(=O)N(C)C)NCCc2ccccc2)cc1. The molecular weight excluding hydrogens is 364 g/mol. The fraction of sp³-hybridized carbons (Fsp3) is 0.391. The smallest absolute Gasteiger partial charge is 0.243 e. The molecule has 0 saturated heterocycles. The molecule has 6 heteroatoms. The van der Waals surface area contributed by atoms with Gasteiger partial charge in [0.15, 0.2) is 5.96 Å². The Morgan fingerprint density at radius 3 is 2.31 bits per heavy atom. The molecule has 0 heterocycles. The summed E-state index contributed by atoms with van der Waals surface area (Å²) in [6.07, 6.45) is 0.887. The molecule has 29 heavy (non-hydrogen) atoms. The minimum Gasteiger partial charge on any atom is -0.494 e. The number of carbonyl (C=O) groups excluding carboxylic acids is 1. The maximum absolute atomic E-state index is 12.0. The van der Waals surface area contributed by atoms with Crippen LogP contribution in [0.25, 0.3) is 0 Å². The van der Waals surface area contributed by atoms with Crippen LogP contribution in [0.5, 0.6) is 5.75 Å². The first-order valence-corrected chi connectivity index (χ1v) is 9.95. The number of hydrogen-bond donors (Lipinski definition) is 1. The highest BCUT2D eigenvalue weighted by Gasteiger charge is 2.10. The molecule has 2 aromatic carbocycles. The molecule has 2 aromatic rings. The van der Waals surface area contributed by atoms with Gasteiger partial charge < -0.3 is 19.9 Å². The number of ether oxygens (including phenoxy) is 1. The molecule has 0 aromatic heterocycles. The van der Waals surface area contributed by atoms with Crippen LogP contribution in [-0.4, -0.2) is 62.5 Å². The zero-order valence-corrected chi connectivity index (χ0v) is 17.9. The third kappa shape index (κ3) is 7.86. The Bertz CT molecular complexity index is 773. The summed E-state index contributed by atoms with van der Waals surface area (Å²) < 4.78 is 5.50. The molecule has 0 aliphatic heterocycles. The zero-order valence-electron chi connectivity index (χ0n) is 17.9. The number of benzene rings is 2. The number of aliphatic imine (C=N–C) groups is 1. The van der Waals surface area contributed by atoms with Gasteiger partial charge in [-0.05, 0) is 36.6 Å². The number of amides is 1. The van der Waals surface area contributed by atoms with E-state index in [1.807, 2.05) is 61.3 Å². The van der Waals surface area contributed by atoms with Crippen molar-refractivity contribution in [3.63, 3.8) is 0 Å². The van der Waals surface area contributed by atoms with Gasteiger partial charge in [-0.25, -0.2) is 4.99 Å². The second-order valence-corrected chi connectivity index (χ2v) is 7.02.